The summed E-state index contributed by atoms with van der Waals surface area (Å²) in [7, 11) is 3.61. The van der Waals surface area contributed by atoms with Gasteiger partial charge < -0.3 is 34.6 Å². The van der Waals surface area contributed by atoms with Crippen molar-refractivity contribution >= 4 is 38.9 Å². The molecule has 5 heterocycles. The summed E-state index contributed by atoms with van der Waals surface area (Å²) >= 11 is 0. The van der Waals surface area contributed by atoms with Gasteiger partial charge in [-0.3, -0.25) is 9.59 Å². The zero-order valence-corrected chi connectivity index (χ0v) is 27.2. The number of ether oxygens (including phenoxy) is 1. The van der Waals surface area contributed by atoms with E-state index in [2.05, 4.69) is 21.7 Å². The zero-order valence-electron chi connectivity index (χ0n) is 27.2. The van der Waals surface area contributed by atoms with E-state index in [0.717, 1.165) is 58.7 Å². The number of aryl methyl sites for hydroxylation is 1. The number of rotatable bonds is 6. The van der Waals surface area contributed by atoms with Crippen LogP contribution in [0.1, 0.15) is 41.6 Å². The standard InChI is InChI=1S/C37H37N7O4/c1-18-33(45)24-12-20(6-10-26(24)41-36(18)46)25-9-7-21-14-29(43(34(21)39-25)16-19-4-5-19)35-40-27-13-23(15-30(48-3)32(27)42(35)2)37(47)44-17-22-8-11-28(44)31(22)38/h6-7,9-10,12-15,19,22,28,31H,4-5,8,11,16-17,38H2,1-3H3,(H2,41,45,46)/t22?,28?,31-/m1/s1. The molecule has 9 rings (SSSR count). The number of benzene rings is 2. The number of methoxy groups -OCH3 is 1. The molecule has 48 heavy (non-hydrogen) atoms. The van der Waals surface area contributed by atoms with Crippen molar-refractivity contribution in [3.8, 4) is 34.3 Å². The third-order valence-electron chi connectivity index (χ3n) is 10.9. The first kappa shape index (κ1) is 29.0. The van der Waals surface area contributed by atoms with E-state index in [1.165, 1.54) is 12.8 Å². The van der Waals surface area contributed by atoms with E-state index in [4.69, 9.17) is 20.4 Å². The summed E-state index contributed by atoms with van der Waals surface area (Å²) in [5.41, 5.74) is 12.5. The predicted molar refractivity (Wildman–Crippen MR) is 184 cm³/mol. The van der Waals surface area contributed by atoms with Crippen LogP contribution in [0.4, 0.5) is 0 Å². The average Bonchev–Trinajstić information content (AvgIpc) is 3.50. The number of H-pyrrole nitrogens is 1. The molecule has 1 saturated heterocycles. The first-order chi connectivity index (χ1) is 23.2. The van der Waals surface area contributed by atoms with Crippen molar-refractivity contribution in [1.82, 2.24) is 29.0 Å². The van der Waals surface area contributed by atoms with Gasteiger partial charge in [0.2, 0.25) is 0 Å². The number of hydrogen-bond acceptors (Lipinski definition) is 7. The number of nitrogens with two attached hydrogens (primary N) is 1. The number of nitrogens with one attached hydrogen (secondary N) is 1. The zero-order chi connectivity index (χ0) is 33.0. The summed E-state index contributed by atoms with van der Waals surface area (Å²) in [6, 6.07) is 15.6. The van der Waals surface area contributed by atoms with Gasteiger partial charge in [0.1, 0.15) is 22.7 Å². The molecule has 0 radical (unpaired) electrons. The number of fused-ring (bicyclic) bond motifs is 5. The fourth-order valence-corrected chi connectivity index (χ4v) is 8.02. The molecule has 3 aliphatic rings. The third-order valence-corrected chi connectivity index (χ3v) is 10.9. The number of hydrogen-bond donors (Lipinski definition) is 3. The fraction of sp³-hybridized carbons (Fsp3) is 0.351. The number of aromatic hydroxyl groups is 1. The Kier molecular flexibility index (Phi) is 6.30. The minimum absolute atomic E-state index is 0.0190. The molecule has 6 aromatic rings. The Morgan fingerprint density at radius 3 is 2.65 bits per heavy atom. The number of nitrogens with zero attached hydrogens (tertiary/aromatic N) is 5. The van der Waals surface area contributed by atoms with E-state index in [9.17, 15) is 14.7 Å². The van der Waals surface area contributed by atoms with Gasteiger partial charge in [-0.1, -0.05) is 6.07 Å². The highest BCUT2D eigenvalue weighted by Gasteiger charge is 2.47. The topological polar surface area (TPSA) is 144 Å². The van der Waals surface area contributed by atoms with E-state index in [-0.39, 0.29) is 34.9 Å². The quantitative estimate of drug-likeness (QED) is 0.229. The molecule has 244 valence electrons. The van der Waals surface area contributed by atoms with Crippen molar-refractivity contribution in [2.75, 3.05) is 13.7 Å². The number of likely N-dealkylation sites (tertiary alicyclic amines) is 1. The molecular weight excluding hydrogens is 606 g/mol. The maximum Gasteiger partial charge on any atom is 0.255 e. The van der Waals surface area contributed by atoms with Crippen LogP contribution < -0.4 is 16.0 Å². The van der Waals surface area contributed by atoms with Gasteiger partial charge in [-0.25, -0.2) is 9.97 Å². The molecule has 2 saturated carbocycles. The number of carbonyl (C=O) groups excluding carboxylic acids is 1. The van der Waals surface area contributed by atoms with Gasteiger partial charge in [0.15, 0.2) is 5.82 Å². The lowest BCUT2D eigenvalue weighted by Crippen LogP contribution is -2.41. The number of imidazole rings is 1. The summed E-state index contributed by atoms with van der Waals surface area (Å²) in [5, 5.41) is 12.3. The van der Waals surface area contributed by atoms with Crippen LogP contribution in [-0.2, 0) is 13.6 Å². The Bertz CT molecular complexity index is 2380. The Hall–Kier alpha value is -5.16. The molecule has 11 nitrogen and oxygen atoms in total. The van der Waals surface area contributed by atoms with E-state index < -0.39 is 0 Å². The van der Waals surface area contributed by atoms with Crippen LogP contribution in [-0.4, -0.2) is 65.7 Å². The van der Waals surface area contributed by atoms with Crippen molar-refractivity contribution < 1.29 is 14.6 Å². The number of pyridine rings is 2. The largest absolute Gasteiger partial charge is 0.507 e. The first-order valence-corrected chi connectivity index (χ1v) is 16.7. The normalized spacial score (nSPS) is 20.5. The van der Waals surface area contributed by atoms with Crippen molar-refractivity contribution in [1.29, 1.82) is 0 Å². The van der Waals surface area contributed by atoms with Crippen molar-refractivity contribution in [3.63, 3.8) is 0 Å². The van der Waals surface area contributed by atoms with Crippen molar-refractivity contribution in [2.45, 2.75) is 51.2 Å². The monoisotopic (exact) mass is 643 g/mol. The molecule has 1 aliphatic heterocycles. The van der Waals surface area contributed by atoms with E-state index in [1.54, 1.807) is 20.1 Å². The lowest BCUT2D eigenvalue weighted by molar-refractivity contribution is 0.0700. The van der Waals surface area contributed by atoms with Gasteiger partial charge >= 0.3 is 0 Å². The molecule has 2 unspecified atom stereocenters. The number of carbonyl (C=O) groups is 1. The molecule has 2 aliphatic carbocycles. The highest BCUT2D eigenvalue weighted by molar-refractivity contribution is 6.00. The van der Waals surface area contributed by atoms with Crippen LogP contribution >= 0.6 is 0 Å². The van der Waals surface area contributed by atoms with Crippen LogP contribution in [0.2, 0.25) is 0 Å². The number of aromatic amines is 1. The van der Waals surface area contributed by atoms with E-state index in [1.807, 2.05) is 46.8 Å². The first-order valence-electron chi connectivity index (χ1n) is 16.7. The van der Waals surface area contributed by atoms with Crippen LogP contribution in [0.3, 0.4) is 0 Å². The molecule has 3 fully saturated rings. The molecule has 2 bridgehead atoms. The Morgan fingerprint density at radius 1 is 1.08 bits per heavy atom. The smallest absolute Gasteiger partial charge is 0.255 e. The maximum atomic E-state index is 13.8. The molecule has 4 N–H and O–H groups in total. The lowest BCUT2D eigenvalue weighted by atomic mass is 10.1. The van der Waals surface area contributed by atoms with Gasteiger partial charge in [0.25, 0.3) is 11.5 Å². The van der Waals surface area contributed by atoms with Gasteiger partial charge in [0.05, 0.1) is 35.1 Å². The summed E-state index contributed by atoms with van der Waals surface area (Å²) in [5.74, 6) is 2.27. The molecule has 3 atom stereocenters. The van der Waals surface area contributed by atoms with E-state index in [0.29, 0.717) is 46.1 Å². The van der Waals surface area contributed by atoms with Gasteiger partial charge in [-0.2, -0.15) is 0 Å². The molecule has 1 amide bonds. The van der Waals surface area contributed by atoms with Crippen LogP contribution in [0.15, 0.2) is 53.3 Å². The van der Waals surface area contributed by atoms with Crippen molar-refractivity contribution in [3.05, 3.63) is 70.0 Å². The summed E-state index contributed by atoms with van der Waals surface area (Å²) in [4.78, 5) is 41.0. The molecule has 2 aromatic carbocycles. The number of amides is 1. The Labute approximate surface area is 276 Å². The van der Waals surface area contributed by atoms with E-state index >= 15 is 0 Å². The Balaban J connectivity index is 1.15. The second-order valence-electron chi connectivity index (χ2n) is 13.9. The minimum atomic E-state index is -0.303. The molecule has 11 heteroatoms. The SMILES string of the molecule is COc1cc(C(=O)N2CC3CCC2[C@@H]3N)cc2nc(-c3cc4ccc(-c5ccc6[nH]c(=O)c(C)c(O)c6c5)nc4n3CC3CC3)n(C)c12. The maximum absolute atomic E-state index is 13.8. The van der Waals surface area contributed by atoms with Gasteiger partial charge in [-0.05, 0) is 86.9 Å². The second-order valence-corrected chi connectivity index (χ2v) is 13.9. The number of aromatic nitrogens is 5. The average molecular weight is 644 g/mol. The van der Waals surface area contributed by atoms with Crippen LogP contribution in [0, 0.1) is 18.8 Å². The van der Waals surface area contributed by atoms with Crippen LogP contribution in [0.25, 0.3) is 55.7 Å². The highest BCUT2D eigenvalue weighted by Crippen LogP contribution is 2.40. The number of piperidine rings is 1. The molecule has 4 aromatic heterocycles. The molecular formula is C37H37N7O4. The third kappa shape index (κ3) is 4.30. The predicted octanol–water partition coefficient (Wildman–Crippen LogP) is 5.09. The Morgan fingerprint density at radius 2 is 1.92 bits per heavy atom. The summed E-state index contributed by atoms with van der Waals surface area (Å²) < 4.78 is 10.2. The van der Waals surface area contributed by atoms with Crippen LogP contribution in [0.5, 0.6) is 11.5 Å². The van der Waals surface area contributed by atoms with Gasteiger partial charge in [-0.15, -0.1) is 0 Å². The molecule has 0 spiro atoms. The van der Waals surface area contributed by atoms with Gasteiger partial charge in [0, 0.05) is 54.1 Å². The lowest BCUT2D eigenvalue weighted by Gasteiger charge is -2.27. The highest BCUT2D eigenvalue weighted by atomic mass is 16.5. The summed E-state index contributed by atoms with van der Waals surface area (Å²) in [6.07, 6.45) is 4.38. The minimum Gasteiger partial charge on any atom is -0.507 e. The summed E-state index contributed by atoms with van der Waals surface area (Å²) in [6.45, 7) is 3.13. The van der Waals surface area contributed by atoms with Crippen molar-refractivity contribution in [2.24, 2.45) is 24.6 Å². The second kappa shape index (κ2) is 10.4. The fourth-order valence-electron chi connectivity index (χ4n) is 8.02.